The second-order valence-electron chi connectivity index (χ2n) is 5.43. The van der Waals surface area contributed by atoms with Crippen molar-refractivity contribution in [1.29, 1.82) is 0 Å². The van der Waals surface area contributed by atoms with E-state index in [1.54, 1.807) is 0 Å². The summed E-state index contributed by atoms with van der Waals surface area (Å²) < 4.78 is 0. The van der Waals surface area contributed by atoms with Gasteiger partial charge in [0.05, 0.1) is 5.69 Å². The standard InChI is InChI=1S/C16H22N6/c1-2-13-14(15(17)21-16(18)20-13)11-3-5-12(6-4-11)22-9-7-19-8-10-22/h3-6,19H,2,7-10H2,1H3,(H4,17,18,20,21). The monoisotopic (exact) mass is 298 g/mol. The summed E-state index contributed by atoms with van der Waals surface area (Å²) in [5.41, 5.74) is 15.8. The quantitative estimate of drug-likeness (QED) is 0.790. The molecule has 1 saturated heterocycles. The third kappa shape index (κ3) is 2.82. The zero-order valence-electron chi connectivity index (χ0n) is 12.8. The lowest BCUT2D eigenvalue weighted by Crippen LogP contribution is -2.43. The minimum absolute atomic E-state index is 0.232. The molecule has 2 heterocycles. The highest BCUT2D eigenvalue weighted by Gasteiger charge is 2.14. The van der Waals surface area contributed by atoms with Crippen molar-refractivity contribution >= 4 is 17.5 Å². The first-order valence-electron chi connectivity index (χ1n) is 7.67. The molecule has 1 aliphatic heterocycles. The molecule has 3 rings (SSSR count). The van der Waals surface area contributed by atoms with Gasteiger partial charge >= 0.3 is 0 Å². The molecule has 0 unspecified atom stereocenters. The number of nitrogens with zero attached hydrogens (tertiary/aromatic N) is 3. The summed E-state index contributed by atoms with van der Waals surface area (Å²) in [5, 5.41) is 3.36. The molecule has 6 nitrogen and oxygen atoms in total. The summed E-state index contributed by atoms with van der Waals surface area (Å²) in [4.78, 5) is 10.8. The number of piperazine rings is 1. The van der Waals surface area contributed by atoms with Gasteiger partial charge < -0.3 is 21.7 Å². The van der Waals surface area contributed by atoms with Crippen molar-refractivity contribution in [2.45, 2.75) is 13.3 Å². The van der Waals surface area contributed by atoms with E-state index in [-0.39, 0.29) is 5.95 Å². The Balaban J connectivity index is 1.93. The summed E-state index contributed by atoms with van der Waals surface area (Å²) in [6.07, 6.45) is 0.770. The van der Waals surface area contributed by atoms with Crippen LogP contribution in [-0.2, 0) is 6.42 Å². The second kappa shape index (κ2) is 6.19. The van der Waals surface area contributed by atoms with E-state index in [9.17, 15) is 0 Å². The molecule has 0 atom stereocenters. The van der Waals surface area contributed by atoms with Crippen molar-refractivity contribution < 1.29 is 0 Å². The molecule has 0 saturated carbocycles. The van der Waals surface area contributed by atoms with E-state index in [1.165, 1.54) is 5.69 Å². The number of nitrogens with two attached hydrogens (primary N) is 2. The Kier molecular flexibility index (Phi) is 4.11. The topological polar surface area (TPSA) is 93.1 Å². The number of hydrogen-bond donors (Lipinski definition) is 3. The summed E-state index contributed by atoms with van der Waals surface area (Å²) in [6, 6.07) is 8.44. The van der Waals surface area contributed by atoms with Crippen LogP contribution in [0, 0.1) is 0 Å². The predicted molar refractivity (Wildman–Crippen MR) is 90.8 cm³/mol. The van der Waals surface area contributed by atoms with Crippen LogP contribution < -0.4 is 21.7 Å². The van der Waals surface area contributed by atoms with Gasteiger partial charge in [0.15, 0.2) is 0 Å². The van der Waals surface area contributed by atoms with Crippen LogP contribution >= 0.6 is 0 Å². The number of hydrogen-bond acceptors (Lipinski definition) is 6. The van der Waals surface area contributed by atoms with E-state index < -0.39 is 0 Å². The van der Waals surface area contributed by atoms with Gasteiger partial charge in [0.25, 0.3) is 0 Å². The average Bonchev–Trinajstić information content (AvgIpc) is 2.55. The van der Waals surface area contributed by atoms with Crippen LogP contribution in [0.2, 0.25) is 0 Å². The van der Waals surface area contributed by atoms with Gasteiger partial charge in [-0.2, -0.15) is 4.98 Å². The van der Waals surface area contributed by atoms with Gasteiger partial charge in [-0.05, 0) is 24.1 Å². The SMILES string of the molecule is CCc1nc(N)nc(N)c1-c1ccc(N2CCNCC2)cc1. The average molecular weight is 298 g/mol. The Morgan fingerprint density at radius 3 is 2.41 bits per heavy atom. The minimum atomic E-state index is 0.232. The molecule has 5 N–H and O–H groups in total. The van der Waals surface area contributed by atoms with Gasteiger partial charge in [0.1, 0.15) is 5.82 Å². The molecule has 0 bridgehead atoms. The summed E-state index contributed by atoms with van der Waals surface area (Å²) >= 11 is 0. The van der Waals surface area contributed by atoms with Gasteiger partial charge in [0.2, 0.25) is 5.95 Å². The summed E-state index contributed by atoms with van der Waals surface area (Å²) in [6.45, 7) is 6.17. The number of benzene rings is 1. The van der Waals surface area contributed by atoms with Gasteiger partial charge in [0, 0.05) is 37.4 Å². The Bertz CT molecular complexity index is 646. The highest BCUT2D eigenvalue weighted by atomic mass is 15.2. The van der Waals surface area contributed by atoms with E-state index in [1.807, 2.05) is 6.92 Å². The molecule has 1 fully saturated rings. The lowest BCUT2D eigenvalue weighted by molar-refractivity contribution is 0.589. The molecule has 1 aromatic carbocycles. The van der Waals surface area contributed by atoms with Gasteiger partial charge in [-0.15, -0.1) is 0 Å². The van der Waals surface area contributed by atoms with Crippen LogP contribution in [0.5, 0.6) is 0 Å². The van der Waals surface area contributed by atoms with E-state index in [0.717, 1.165) is 49.4 Å². The van der Waals surface area contributed by atoms with E-state index >= 15 is 0 Å². The fourth-order valence-electron chi connectivity index (χ4n) is 2.88. The first kappa shape index (κ1) is 14.6. The van der Waals surface area contributed by atoms with Crippen LogP contribution in [-0.4, -0.2) is 36.1 Å². The first-order chi connectivity index (χ1) is 10.7. The largest absolute Gasteiger partial charge is 0.383 e. The van der Waals surface area contributed by atoms with Crippen LogP contribution in [0.15, 0.2) is 24.3 Å². The highest BCUT2D eigenvalue weighted by Crippen LogP contribution is 2.30. The number of aryl methyl sites for hydroxylation is 1. The minimum Gasteiger partial charge on any atom is -0.383 e. The Hall–Kier alpha value is -2.34. The molecule has 2 aromatic rings. The van der Waals surface area contributed by atoms with Crippen molar-refractivity contribution in [3.63, 3.8) is 0 Å². The number of nitrogens with one attached hydrogen (secondary N) is 1. The number of nitrogen functional groups attached to an aromatic ring is 2. The number of rotatable bonds is 3. The third-order valence-electron chi connectivity index (χ3n) is 4.00. The van der Waals surface area contributed by atoms with Gasteiger partial charge in [-0.1, -0.05) is 19.1 Å². The van der Waals surface area contributed by atoms with E-state index in [2.05, 4.69) is 44.5 Å². The smallest absolute Gasteiger partial charge is 0.222 e. The van der Waals surface area contributed by atoms with Crippen molar-refractivity contribution in [2.75, 3.05) is 42.5 Å². The van der Waals surface area contributed by atoms with Crippen molar-refractivity contribution in [2.24, 2.45) is 0 Å². The second-order valence-corrected chi connectivity index (χ2v) is 5.43. The normalized spacial score (nSPS) is 15.0. The molecule has 0 radical (unpaired) electrons. The van der Waals surface area contributed by atoms with Crippen LogP contribution in [0.25, 0.3) is 11.1 Å². The zero-order valence-corrected chi connectivity index (χ0v) is 12.8. The van der Waals surface area contributed by atoms with Gasteiger partial charge in [-0.3, -0.25) is 0 Å². The number of aromatic nitrogens is 2. The maximum Gasteiger partial charge on any atom is 0.222 e. The Morgan fingerprint density at radius 1 is 1.09 bits per heavy atom. The molecule has 0 amide bonds. The van der Waals surface area contributed by atoms with Crippen molar-refractivity contribution in [3.8, 4) is 11.1 Å². The maximum atomic E-state index is 6.06. The molecule has 1 aromatic heterocycles. The predicted octanol–water partition coefficient (Wildman–Crippen LogP) is 1.28. The van der Waals surface area contributed by atoms with Crippen LogP contribution in [0.1, 0.15) is 12.6 Å². The number of anilines is 3. The first-order valence-corrected chi connectivity index (χ1v) is 7.67. The molecule has 1 aliphatic rings. The lowest BCUT2D eigenvalue weighted by Gasteiger charge is -2.29. The van der Waals surface area contributed by atoms with Crippen LogP contribution in [0.3, 0.4) is 0 Å². The Labute approximate surface area is 130 Å². The maximum absolute atomic E-state index is 6.06. The molecule has 6 heteroatoms. The molecule has 116 valence electrons. The van der Waals surface area contributed by atoms with E-state index in [4.69, 9.17) is 11.5 Å². The van der Waals surface area contributed by atoms with Gasteiger partial charge in [-0.25, -0.2) is 4.98 Å². The fourth-order valence-corrected chi connectivity index (χ4v) is 2.88. The highest BCUT2D eigenvalue weighted by molar-refractivity contribution is 5.77. The summed E-state index contributed by atoms with van der Waals surface area (Å²) in [5.74, 6) is 0.676. The molecular formula is C16H22N6. The molecule has 0 spiro atoms. The molecule has 22 heavy (non-hydrogen) atoms. The molecule has 0 aliphatic carbocycles. The third-order valence-corrected chi connectivity index (χ3v) is 4.00. The fraction of sp³-hybridized carbons (Fsp3) is 0.375. The Morgan fingerprint density at radius 2 is 1.77 bits per heavy atom. The lowest BCUT2D eigenvalue weighted by atomic mass is 10.0. The van der Waals surface area contributed by atoms with E-state index in [0.29, 0.717) is 5.82 Å². The zero-order chi connectivity index (χ0) is 15.5. The molecular weight excluding hydrogens is 276 g/mol. The van der Waals surface area contributed by atoms with Crippen LogP contribution in [0.4, 0.5) is 17.5 Å². The van der Waals surface area contributed by atoms with Crippen molar-refractivity contribution in [1.82, 2.24) is 15.3 Å². The summed E-state index contributed by atoms with van der Waals surface area (Å²) in [7, 11) is 0. The van der Waals surface area contributed by atoms with Crippen molar-refractivity contribution in [3.05, 3.63) is 30.0 Å².